The van der Waals surface area contributed by atoms with Crippen LogP contribution in [0.15, 0.2) is 17.0 Å². The van der Waals surface area contributed by atoms with Gasteiger partial charge in [0.1, 0.15) is 5.76 Å². The topological polar surface area (TPSA) is 55.3 Å². The van der Waals surface area contributed by atoms with Crippen LogP contribution in [-0.4, -0.2) is 35.4 Å². The maximum atomic E-state index is 13.0. The van der Waals surface area contributed by atoms with Gasteiger partial charge in [-0.1, -0.05) is 13.8 Å². The van der Waals surface area contributed by atoms with Crippen LogP contribution in [-0.2, 0) is 0 Å². The van der Waals surface area contributed by atoms with Gasteiger partial charge in [-0.15, -0.1) is 0 Å². The van der Waals surface area contributed by atoms with Gasteiger partial charge in [-0.25, -0.2) is 13.8 Å². The van der Waals surface area contributed by atoms with Crippen LogP contribution < -0.4 is 5.73 Å². The minimum atomic E-state index is -2.53. The number of likely N-dealkylation sites (tertiary alicyclic amines) is 1. The van der Waals surface area contributed by atoms with E-state index in [1.165, 1.54) is 6.39 Å². The standard InChI is InChI=1S/C10H15F2N3O.C2H6/c11-10(12)1-3-15(4-2-10)8(5-13)9-6-14-7-16-9;1-2/h6-8H,1-5,13H2;1-2H3. The lowest BCUT2D eigenvalue weighted by molar-refractivity contribution is -0.0642. The smallest absolute Gasteiger partial charge is 0.250 e. The van der Waals surface area contributed by atoms with Gasteiger partial charge in [-0.2, -0.15) is 0 Å². The van der Waals surface area contributed by atoms with Crippen molar-refractivity contribution in [3.8, 4) is 0 Å². The molecule has 0 amide bonds. The SMILES string of the molecule is CC.NCC(c1cnco1)N1CCC(F)(F)CC1. The van der Waals surface area contributed by atoms with Crippen molar-refractivity contribution in [3.05, 3.63) is 18.4 Å². The van der Waals surface area contributed by atoms with Gasteiger partial charge in [0.15, 0.2) is 6.39 Å². The second kappa shape index (κ2) is 6.80. The lowest BCUT2D eigenvalue weighted by Gasteiger charge is -2.35. The molecule has 1 unspecified atom stereocenters. The van der Waals surface area contributed by atoms with Crippen LogP contribution in [0.3, 0.4) is 0 Å². The Morgan fingerprint density at radius 1 is 1.44 bits per heavy atom. The summed E-state index contributed by atoms with van der Waals surface area (Å²) < 4.78 is 31.2. The van der Waals surface area contributed by atoms with Gasteiger partial charge in [0.2, 0.25) is 0 Å². The molecule has 1 aliphatic rings. The third kappa shape index (κ3) is 3.74. The molecule has 1 aromatic rings. The molecule has 2 N–H and O–H groups in total. The lowest BCUT2D eigenvalue weighted by Crippen LogP contribution is -2.43. The summed E-state index contributed by atoms with van der Waals surface area (Å²) in [4.78, 5) is 5.75. The number of rotatable bonds is 3. The summed E-state index contributed by atoms with van der Waals surface area (Å²) in [5.74, 6) is -1.88. The van der Waals surface area contributed by atoms with E-state index < -0.39 is 5.92 Å². The summed E-state index contributed by atoms with van der Waals surface area (Å²) in [6.45, 7) is 5.03. The summed E-state index contributed by atoms with van der Waals surface area (Å²) in [5.41, 5.74) is 5.65. The van der Waals surface area contributed by atoms with Crippen molar-refractivity contribution in [3.63, 3.8) is 0 Å². The van der Waals surface area contributed by atoms with Crippen molar-refractivity contribution in [2.75, 3.05) is 19.6 Å². The maximum absolute atomic E-state index is 13.0. The van der Waals surface area contributed by atoms with E-state index in [0.29, 0.717) is 25.4 Å². The Hall–Kier alpha value is -1.01. The molecule has 18 heavy (non-hydrogen) atoms. The van der Waals surface area contributed by atoms with E-state index >= 15 is 0 Å². The predicted molar refractivity (Wildman–Crippen MR) is 65.4 cm³/mol. The number of aromatic nitrogens is 1. The van der Waals surface area contributed by atoms with E-state index in [9.17, 15) is 8.78 Å². The number of nitrogens with zero attached hydrogens (tertiary/aromatic N) is 2. The van der Waals surface area contributed by atoms with Crippen molar-refractivity contribution in [2.24, 2.45) is 5.73 Å². The first kappa shape index (κ1) is 15.0. The minimum absolute atomic E-state index is 0.113. The Balaban J connectivity index is 0.000000771. The Morgan fingerprint density at radius 2 is 2.06 bits per heavy atom. The summed E-state index contributed by atoms with van der Waals surface area (Å²) in [6, 6.07) is -0.140. The zero-order valence-electron chi connectivity index (χ0n) is 10.9. The number of alkyl halides is 2. The fourth-order valence-corrected chi connectivity index (χ4v) is 2.00. The Morgan fingerprint density at radius 3 is 2.50 bits per heavy atom. The fourth-order valence-electron chi connectivity index (χ4n) is 2.00. The summed E-state index contributed by atoms with van der Waals surface area (Å²) >= 11 is 0. The largest absolute Gasteiger partial charge is 0.447 e. The van der Waals surface area contributed by atoms with Crippen LogP contribution in [0.2, 0.25) is 0 Å². The molecular formula is C12H21F2N3O. The normalized spacial score (nSPS) is 20.9. The van der Waals surface area contributed by atoms with Gasteiger partial charge in [0.25, 0.3) is 5.92 Å². The maximum Gasteiger partial charge on any atom is 0.250 e. The van der Waals surface area contributed by atoms with Crippen molar-refractivity contribution in [2.45, 2.75) is 38.7 Å². The monoisotopic (exact) mass is 261 g/mol. The highest BCUT2D eigenvalue weighted by Crippen LogP contribution is 2.31. The van der Waals surface area contributed by atoms with Gasteiger partial charge in [-0.05, 0) is 0 Å². The molecule has 1 aromatic heterocycles. The molecule has 2 heterocycles. The number of piperidine rings is 1. The molecular weight excluding hydrogens is 240 g/mol. The lowest BCUT2D eigenvalue weighted by atomic mass is 10.0. The molecule has 1 atom stereocenters. The van der Waals surface area contributed by atoms with E-state index in [4.69, 9.17) is 10.2 Å². The fraction of sp³-hybridized carbons (Fsp3) is 0.750. The van der Waals surface area contributed by atoms with Crippen LogP contribution in [0.25, 0.3) is 0 Å². The number of nitrogens with two attached hydrogens (primary N) is 1. The van der Waals surface area contributed by atoms with Gasteiger partial charge < -0.3 is 10.2 Å². The third-order valence-corrected chi connectivity index (χ3v) is 2.97. The van der Waals surface area contributed by atoms with E-state index in [1.54, 1.807) is 6.20 Å². The molecule has 1 fully saturated rings. The number of oxazole rings is 1. The van der Waals surface area contributed by atoms with Gasteiger partial charge >= 0.3 is 0 Å². The molecule has 4 nitrogen and oxygen atoms in total. The highest BCUT2D eigenvalue weighted by molar-refractivity contribution is 5.00. The zero-order valence-corrected chi connectivity index (χ0v) is 10.9. The molecule has 104 valence electrons. The van der Waals surface area contributed by atoms with E-state index in [1.807, 2.05) is 18.7 Å². The molecule has 0 bridgehead atoms. The molecule has 2 rings (SSSR count). The summed E-state index contributed by atoms with van der Waals surface area (Å²) in [7, 11) is 0. The van der Waals surface area contributed by atoms with Crippen LogP contribution in [0.5, 0.6) is 0 Å². The molecule has 0 aromatic carbocycles. The second-order valence-electron chi connectivity index (χ2n) is 4.05. The molecule has 0 aliphatic carbocycles. The van der Waals surface area contributed by atoms with E-state index in [-0.39, 0.29) is 18.9 Å². The van der Waals surface area contributed by atoms with E-state index in [0.717, 1.165) is 0 Å². The average Bonchev–Trinajstić information content (AvgIpc) is 2.88. The third-order valence-electron chi connectivity index (χ3n) is 2.97. The number of hydrogen-bond acceptors (Lipinski definition) is 4. The van der Waals surface area contributed by atoms with Crippen LogP contribution in [0, 0.1) is 0 Å². The van der Waals surface area contributed by atoms with Crippen molar-refractivity contribution >= 4 is 0 Å². The first-order chi connectivity index (χ1) is 8.62. The van der Waals surface area contributed by atoms with Gasteiger partial charge in [0, 0.05) is 32.5 Å². The molecule has 0 saturated carbocycles. The Bertz CT molecular complexity index is 320. The second-order valence-corrected chi connectivity index (χ2v) is 4.05. The predicted octanol–water partition coefficient (Wildman–Crippen LogP) is 2.43. The molecule has 1 saturated heterocycles. The van der Waals surface area contributed by atoms with Crippen LogP contribution in [0.4, 0.5) is 8.78 Å². The number of halogens is 2. The molecule has 1 aliphatic heterocycles. The first-order valence-electron chi connectivity index (χ1n) is 6.33. The minimum Gasteiger partial charge on any atom is -0.447 e. The van der Waals surface area contributed by atoms with E-state index in [2.05, 4.69) is 4.98 Å². The van der Waals surface area contributed by atoms with Gasteiger partial charge in [0.05, 0.1) is 12.2 Å². The van der Waals surface area contributed by atoms with Crippen molar-refractivity contribution in [1.82, 2.24) is 9.88 Å². The quantitative estimate of drug-likeness (QED) is 0.908. The Labute approximate surface area is 106 Å². The molecule has 0 spiro atoms. The molecule has 6 heteroatoms. The highest BCUT2D eigenvalue weighted by Gasteiger charge is 2.36. The summed E-state index contributed by atoms with van der Waals surface area (Å²) in [6.07, 6.45) is 2.69. The van der Waals surface area contributed by atoms with Crippen LogP contribution >= 0.6 is 0 Å². The average molecular weight is 261 g/mol. The number of hydrogen-bond donors (Lipinski definition) is 1. The zero-order chi connectivity index (χ0) is 13.6. The van der Waals surface area contributed by atoms with Crippen molar-refractivity contribution in [1.29, 1.82) is 0 Å². The van der Waals surface area contributed by atoms with Crippen molar-refractivity contribution < 1.29 is 13.2 Å². The van der Waals surface area contributed by atoms with Crippen LogP contribution in [0.1, 0.15) is 38.5 Å². The first-order valence-corrected chi connectivity index (χ1v) is 6.33. The van der Waals surface area contributed by atoms with Gasteiger partial charge in [-0.3, -0.25) is 4.90 Å². The summed E-state index contributed by atoms with van der Waals surface area (Å²) in [5, 5.41) is 0. The highest BCUT2D eigenvalue weighted by atomic mass is 19.3. The Kier molecular flexibility index (Phi) is 5.68. The molecule has 0 radical (unpaired) electrons.